The number of likely N-dealkylation sites (tertiary alicyclic amines) is 1. The van der Waals surface area contributed by atoms with Crippen molar-refractivity contribution in [3.05, 3.63) is 52.3 Å². The molecular weight excluding hydrogens is 565 g/mol. The molecule has 1 atom stereocenters. The minimum atomic E-state index is -3.63. The van der Waals surface area contributed by atoms with E-state index in [0.29, 0.717) is 71.4 Å². The van der Waals surface area contributed by atoms with E-state index in [1.54, 1.807) is 24.3 Å². The lowest BCUT2D eigenvalue weighted by Crippen LogP contribution is -2.40. The second kappa shape index (κ2) is 11.8. The molecule has 39 heavy (non-hydrogen) atoms. The molecule has 3 heterocycles. The number of methoxy groups -OCH3 is 1. The fourth-order valence-electron chi connectivity index (χ4n) is 4.96. The van der Waals surface area contributed by atoms with Crippen LogP contribution in [0.4, 0.5) is 5.69 Å². The fourth-order valence-corrected chi connectivity index (χ4v) is 7.00. The van der Waals surface area contributed by atoms with Crippen molar-refractivity contribution in [3.63, 3.8) is 0 Å². The highest BCUT2D eigenvalue weighted by Gasteiger charge is 2.30. The Kier molecular flexibility index (Phi) is 8.43. The standard InChI is InChI=1S/C26H29Cl2N5O5S/c1-37-23-9-7-19(39(35,36)33-11-2-3-12-33)14-22(23)29-26(34)17-5-4-10-32(15-17)16-24-30-25(31-38-24)20-8-6-18(27)13-21(20)28/h6-9,13-14,17H,2-5,10-12,15-16H2,1H3,(H,29,34). The van der Waals surface area contributed by atoms with E-state index >= 15 is 0 Å². The van der Waals surface area contributed by atoms with Crippen LogP contribution in [-0.4, -0.2) is 67.0 Å². The normalized spacial score (nSPS) is 18.8. The summed E-state index contributed by atoms with van der Waals surface area (Å²) in [6.45, 7) is 2.65. The predicted molar refractivity (Wildman–Crippen MR) is 147 cm³/mol. The average Bonchev–Trinajstić information content (AvgIpc) is 3.62. The molecule has 1 aromatic heterocycles. The zero-order valence-electron chi connectivity index (χ0n) is 21.4. The van der Waals surface area contributed by atoms with Crippen LogP contribution in [0.3, 0.4) is 0 Å². The lowest BCUT2D eigenvalue weighted by molar-refractivity contribution is -0.121. The van der Waals surface area contributed by atoms with E-state index in [1.807, 2.05) is 0 Å². The van der Waals surface area contributed by atoms with E-state index < -0.39 is 10.0 Å². The zero-order chi connectivity index (χ0) is 27.6. The van der Waals surface area contributed by atoms with Gasteiger partial charge in [0.05, 0.1) is 35.2 Å². The third-order valence-electron chi connectivity index (χ3n) is 7.01. The molecule has 0 saturated carbocycles. The molecule has 1 unspecified atom stereocenters. The number of amides is 1. The van der Waals surface area contributed by atoms with E-state index in [2.05, 4.69) is 20.4 Å². The van der Waals surface area contributed by atoms with Gasteiger partial charge in [-0.2, -0.15) is 9.29 Å². The fraction of sp³-hybridized carbons (Fsp3) is 0.423. The summed E-state index contributed by atoms with van der Waals surface area (Å²) in [6.07, 6.45) is 3.20. The molecule has 13 heteroatoms. The van der Waals surface area contributed by atoms with Gasteiger partial charge in [-0.15, -0.1) is 0 Å². The van der Waals surface area contributed by atoms with Crippen molar-refractivity contribution in [1.82, 2.24) is 19.3 Å². The third kappa shape index (κ3) is 6.22. The van der Waals surface area contributed by atoms with Crippen LogP contribution < -0.4 is 10.1 Å². The average molecular weight is 595 g/mol. The van der Waals surface area contributed by atoms with E-state index in [-0.39, 0.29) is 16.7 Å². The maximum atomic E-state index is 13.3. The van der Waals surface area contributed by atoms with Gasteiger partial charge >= 0.3 is 0 Å². The predicted octanol–water partition coefficient (Wildman–Crippen LogP) is 4.69. The minimum absolute atomic E-state index is 0.138. The lowest BCUT2D eigenvalue weighted by atomic mass is 9.97. The van der Waals surface area contributed by atoms with Gasteiger partial charge in [-0.3, -0.25) is 9.69 Å². The van der Waals surface area contributed by atoms with Crippen LogP contribution in [0.2, 0.25) is 10.0 Å². The monoisotopic (exact) mass is 593 g/mol. The first-order valence-corrected chi connectivity index (χ1v) is 14.9. The van der Waals surface area contributed by atoms with E-state index in [0.717, 1.165) is 25.8 Å². The summed E-state index contributed by atoms with van der Waals surface area (Å²) in [5.41, 5.74) is 0.955. The molecule has 1 N–H and O–H groups in total. The largest absolute Gasteiger partial charge is 0.495 e. The molecule has 3 aromatic rings. The molecule has 10 nitrogen and oxygen atoms in total. The van der Waals surface area contributed by atoms with Gasteiger partial charge < -0.3 is 14.6 Å². The van der Waals surface area contributed by atoms with Crippen LogP contribution in [0.15, 0.2) is 45.8 Å². The summed E-state index contributed by atoms with van der Waals surface area (Å²) in [7, 11) is -2.15. The quantitative estimate of drug-likeness (QED) is 0.399. The van der Waals surface area contributed by atoms with E-state index in [4.69, 9.17) is 32.5 Å². The molecule has 5 rings (SSSR count). The Labute approximate surface area is 237 Å². The number of nitrogens with one attached hydrogen (secondary N) is 1. The number of hydrogen-bond donors (Lipinski definition) is 1. The zero-order valence-corrected chi connectivity index (χ0v) is 23.7. The maximum absolute atomic E-state index is 13.3. The number of nitrogens with zero attached hydrogens (tertiary/aromatic N) is 4. The molecule has 2 aliphatic heterocycles. The van der Waals surface area contributed by atoms with Crippen LogP contribution in [-0.2, 0) is 21.4 Å². The van der Waals surface area contributed by atoms with Gasteiger partial charge in [0, 0.05) is 30.2 Å². The summed E-state index contributed by atoms with van der Waals surface area (Å²) >= 11 is 12.2. The summed E-state index contributed by atoms with van der Waals surface area (Å²) < 4.78 is 38.4. The number of sulfonamides is 1. The molecule has 0 spiro atoms. The number of carbonyl (C=O) groups is 1. The smallest absolute Gasteiger partial charge is 0.243 e. The van der Waals surface area contributed by atoms with E-state index in [9.17, 15) is 13.2 Å². The first kappa shape index (κ1) is 27.9. The number of benzene rings is 2. The highest BCUT2D eigenvalue weighted by atomic mass is 35.5. The highest BCUT2D eigenvalue weighted by Crippen LogP contribution is 2.32. The van der Waals surface area contributed by atoms with Crippen molar-refractivity contribution < 1.29 is 22.5 Å². The topological polar surface area (TPSA) is 118 Å². The summed E-state index contributed by atoms with van der Waals surface area (Å²) in [4.78, 5) is 20.0. The van der Waals surface area contributed by atoms with Gasteiger partial charge in [0.15, 0.2) is 0 Å². The number of carbonyl (C=O) groups excluding carboxylic acids is 1. The number of piperidine rings is 1. The number of ether oxygens (including phenoxy) is 1. The second-order valence-electron chi connectivity index (χ2n) is 9.67. The molecule has 2 saturated heterocycles. The van der Waals surface area contributed by atoms with Crippen molar-refractivity contribution in [2.75, 3.05) is 38.6 Å². The minimum Gasteiger partial charge on any atom is -0.495 e. The molecule has 2 aromatic carbocycles. The van der Waals surface area contributed by atoms with Crippen LogP contribution in [0.25, 0.3) is 11.4 Å². The lowest BCUT2D eigenvalue weighted by Gasteiger charge is -2.31. The summed E-state index contributed by atoms with van der Waals surface area (Å²) in [5.74, 6) is 0.673. The number of hydrogen-bond acceptors (Lipinski definition) is 8. The Morgan fingerprint density at radius 3 is 2.67 bits per heavy atom. The Balaban J connectivity index is 1.25. The molecule has 208 valence electrons. The molecule has 0 aliphatic carbocycles. The van der Waals surface area contributed by atoms with Gasteiger partial charge in [-0.1, -0.05) is 28.4 Å². The van der Waals surface area contributed by atoms with Crippen molar-refractivity contribution in [2.45, 2.75) is 37.1 Å². The Hall–Kier alpha value is -2.70. The van der Waals surface area contributed by atoms with Crippen molar-refractivity contribution in [1.29, 1.82) is 0 Å². The third-order valence-corrected chi connectivity index (χ3v) is 9.45. The Morgan fingerprint density at radius 1 is 1.13 bits per heavy atom. The van der Waals surface area contributed by atoms with Crippen molar-refractivity contribution in [3.8, 4) is 17.1 Å². The van der Waals surface area contributed by atoms with Gasteiger partial charge in [0.1, 0.15) is 5.75 Å². The van der Waals surface area contributed by atoms with Crippen LogP contribution in [0.5, 0.6) is 5.75 Å². The van der Waals surface area contributed by atoms with Crippen LogP contribution in [0.1, 0.15) is 31.6 Å². The number of anilines is 1. The van der Waals surface area contributed by atoms with Gasteiger partial charge in [0.25, 0.3) is 0 Å². The molecular formula is C26H29Cl2N5O5S. The molecule has 0 radical (unpaired) electrons. The molecule has 1 amide bonds. The van der Waals surface area contributed by atoms with Gasteiger partial charge in [-0.25, -0.2) is 8.42 Å². The highest BCUT2D eigenvalue weighted by molar-refractivity contribution is 7.89. The van der Waals surface area contributed by atoms with Crippen LogP contribution in [0, 0.1) is 5.92 Å². The maximum Gasteiger partial charge on any atom is 0.243 e. The number of halogens is 2. The first-order valence-electron chi connectivity index (χ1n) is 12.7. The Morgan fingerprint density at radius 2 is 1.92 bits per heavy atom. The van der Waals surface area contributed by atoms with Gasteiger partial charge in [0.2, 0.25) is 27.6 Å². The molecule has 2 fully saturated rings. The SMILES string of the molecule is COc1ccc(S(=O)(=O)N2CCCC2)cc1NC(=O)C1CCCN(Cc2nc(-c3ccc(Cl)cc3Cl)no2)C1. The Bertz CT molecular complexity index is 1460. The van der Waals surface area contributed by atoms with E-state index in [1.165, 1.54) is 23.5 Å². The second-order valence-corrected chi connectivity index (χ2v) is 12.5. The number of rotatable bonds is 8. The van der Waals surface area contributed by atoms with Gasteiger partial charge in [-0.05, 0) is 68.6 Å². The van der Waals surface area contributed by atoms with Crippen molar-refractivity contribution in [2.24, 2.45) is 5.92 Å². The summed E-state index contributed by atoms with van der Waals surface area (Å²) in [6, 6.07) is 9.63. The van der Waals surface area contributed by atoms with Crippen LogP contribution >= 0.6 is 23.2 Å². The summed E-state index contributed by atoms with van der Waals surface area (Å²) in [5, 5.41) is 7.89. The molecule has 0 bridgehead atoms. The molecule has 2 aliphatic rings. The first-order chi connectivity index (χ1) is 18.7. The van der Waals surface area contributed by atoms with Crippen molar-refractivity contribution >= 4 is 44.8 Å². The number of aromatic nitrogens is 2.